The van der Waals surface area contributed by atoms with E-state index in [2.05, 4.69) is 9.97 Å². The Morgan fingerprint density at radius 3 is 3.00 bits per heavy atom. The number of methoxy groups -OCH3 is 1. The van der Waals surface area contributed by atoms with Crippen LogP contribution in [0.25, 0.3) is 10.3 Å². The lowest BCUT2D eigenvalue weighted by Crippen LogP contribution is -2.38. The second-order valence-electron chi connectivity index (χ2n) is 5.68. The third-order valence-corrected chi connectivity index (χ3v) is 4.99. The second kappa shape index (κ2) is 6.82. The zero-order chi connectivity index (χ0) is 19.0. The van der Waals surface area contributed by atoms with Crippen LogP contribution in [0.4, 0.5) is 5.69 Å². The van der Waals surface area contributed by atoms with Crippen LogP contribution in [-0.2, 0) is 11.3 Å². The number of benzene rings is 1. The van der Waals surface area contributed by atoms with Gasteiger partial charge in [0.1, 0.15) is 21.1 Å². The number of hydrogen-bond donors (Lipinski definition) is 2. The Labute approximate surface area is 157 Å². The molecule has 2 aromatic heterocycles. The molecule has 0 bridgehead atoms. The zero-order valence-electron chi connectivity index (χ0n) is 14.1. The number of carbonyl (C=O) groups is 2. The molecule has 27 heavy (non-hydrogen) atoms. The molecule has 0 aliphatic carbocycles. The van der Waals surface area contributed by atoms with Gasteiger partial charge in [-0.15, -0.1) is 0 Å². The molecular weight excluding hydrogens is 372 g/mol. The summed E-state index contributed by atoms with van der Waals surface area (Å²) in [5.41, 5.74) is 2.94. The van der Waals surface area contributed by atoms with Crippen molar-refractivity contribution < 1.29 is 24.3 Å². The number of nitrogens with zero attached hydrogens (tertiary/aromatic N) is 3. The van der Waals surface area contributed by atoms with Crippen molar-refractivity contribution in [3.63, 3.8) is 0 Å². The molecule has 10 heteroatoms. The van der Waals surface area contributed by atoms with Gasteiger partial charge in [0.2, 0.25) is 5.88 Å². The largest absolute Gasteiger partial charge is 0.482 e. The number of rotatable bonds is 4. The number of carbonyl (C=O) groups excluding carboxylic acids is 2. The van der Waals surface area contributed by atoms with E-state index in [0.717, 1.165) is 0 Å². The summed E-state index contributed by atoms with van der Waals surface area (Å²) >= 11 is 1.36. The first-order valence-corrected chi connectivity index (χ1v) is 8.73. The van der Waals surface area contributed by atoms with Crippen molar-refractivity contribution in [2.45, 2.75) is 6.54 Å². The van der Waals surface area contributed by atoms with Crippen LogP contribution in [0, 0.1) is 0 Å². The smallest absolute Gasteiger partial charge is 0.274 e. The third kappa shape index (κ3) is 3.15. The van der Waals surface area contributed by atoms with Gasteiger partial charge >= 0.3 is 0 Å². The van der Waals surface area contributed by atoms with Crippen LogP contribution < -0.4 is 19.9 Å². The minimum absolute atomic E-state index is 0.102. The molecule has 0 fully saturated rings. The molecule has 1 aliphatic heterocycles. The standard InChI is InChI=1S/C17H14N4O5S/c1-25-13-5-3-10-17(19-13)27-14(18-10)7-21-11-6-9(16(23)20-24)2-4-12(11)26-8-15(21)22/h2-6,24H,7-8H2,1H3,(H,20,23). The topological polar surface area (TPSA) is 114 Å². The molecule has 0 spiro atoms. The van der Waals surface area contributed by atoms with E-state index < -0.39 is 5.91 Å². The van der Waals surface area contributed by atoms with Crippen molar-refractivity contribution in [1.82, 2.24) is 15.4 Å². The van der Waals surface area contributed by atoms with Gasteiger partial charge < -0.3 is 9.47 Å². The van der Waals surface area contributed by atoms with Crippen LogP contribution >= 0.6 is 11.3 Å². The highest BCUT2D eigenvalue weighted by Crippen LogP contribution is 2.35. The number of hydrogen-bond acceptors (Lipinski definition) is 8. The fourth-order valence-corrected chi connectivity index (χ4v) is 3.66. The monoisotopic (exact) mass is 386 g/mol. The fourth-order valence-electron chi connectivity index (χ4n) is 2.74. The van der Waals surface area contributed by atoms with E-state index in [9.17, 15) is 9.59 Å². The second-order valence-corrected chi connectivity index (χ2v) is 6.74. The van der Waals surface area contributed by atoms with Crippen molar-refractivity contribution in [3.05, 3.63) is 40.9 Å². The summed E-state index contributed by atoms with van der Waals surface area (Å²) in [4.78, 5) is 35.2. The number of hydroxylamine groups is 1. The number of ether oxygens (including phenoxy) is 2. The lowest BCUT2D eigenvalue weighted by molar-refractivity contribution is -0.121. The Balaban J connectivity index is 1.69. The first-order valence-electron chi connectivity index (χ1n) is 7.91. The predicted octanol–water partition coefficient (Wildman–Crippen LogP) is 1.74. The molecule has 2 amide bonds. The minimum Gasteiger partial charge on any atom is -0.482 e. The van der Waals surface area contributed by atoms with Gasteiger partial charge in [-0.25, -0.2) is 15.4 Å². The number of fused-ring (bicyclic) bond motifs is 2. The molecule has 0 saturated carbocycles. The minimum atomic E-state index is -0.674. The summed E-state index contributed by atoms with van der Waals surface area (Å²) in [5.74, 6) is 0.0380. The normalized spacial score (nSPS) is 13.3. The van der Waals surface area contributed by atoms with Gasteiger partial charge in [-0.2, -0.15) is 0 Å². The highest BCUT2D eigenvalue weighted by molar-refractivity contribution is 7.18. The van der Waals surface area contributed by atoms with Gasteiger partial charge in [0.05, 0.1) is 19.3 Å². The number of aromatic nitrogens is 2. The van der Waals surface area contributed by atoms with E-state index in [1.807, 2.05) is 0 Å². The van der Waals surface area contributed by atoms with Crippen LogP contribution in [0.3, 0.4) is 0 Å². The van der Waals surface area contributed by atoms with Crippen LogP contribution in [0.5, 0.6) is 11.6 Å². The van der Waals surface area contributed by atoms with Crippen LogP contribution in [0.1, 0.15) is 15.4 Å². The molecule has 4 rings (SSSR count). The van der Waals surface area contributed by atoms with E-state index in [-0.39, 0.29) is 24.6 Å². The van der Waals surface area contributed by atoms with Crippen molar-refractivity contribution in [2.75, 3.05) is 18.6 Å². The summed E-state index contributed by atoms with van der Waals surface area (Å²) in [7, 11) is 1.54. The molecule has 0 radical (unpaired) electrons. The highest BCUT2D eigenvalue weighted by atomic mass is 32.1. The molecule has 3 aromatic rings. The number of amides is 2. The number of nitrogens with one attached hydrogen (secondary N) is 1. The first kappa shape index (κ1) is 17.2. The molecule has 1 aromatic carbocycles. The summed E-state index contributed by atoms with van der Waals surface area (Å²) in [6.45, 7) is 0.109. The average molecular weight is 386 g/mol. The quantitative estimate of drug-likeness (QED) is 0.519. The number of pyridine rings is 1. The fraction of sp³-hybridized carbons (Fsp3) is 0.176. The average Bonchev–Trinajstić information content (AvgIpc) is 3.10. The van der Waals surface area contributed by atoms with E-state index >= 15 is 0 Å². The molecule has 138 valence electrons. The van der Waals surface area contributed by atoms with Gasteiger partial charge in [-0.05, 0) is 24.3 Å². The predicted molar refractivity (Wildman–Crippen MR) is 96.3 cm³/mol. The van der Waals surface area contributed by atoms with Crippen molar-refractivity contribution in [2.24, 2.45) is 0 Å². The summed E-state index contributed by atoms with van der Waals surface area (Å²) < 4.78 is 10.5. The Hall–Kier alpha value is -3.24. The SMILES string of the molecule is COc1ccc2nc(CN3C(=O)COc4ccc(C(=O)NO)cc43)sc2n1. The Bertz CT molecular complexity index is 1050. The summed E-state index contributed by atoms with van der Waals surface area (Å²) in [6.07, 6.45) is 0. The molecule has 0 unspecified atom stereocenters. The molecule has 9 nitrogen and oxygen atoms in total. The van der Waals surface area contributed by atoms with E-state index in [1.54, 1.807) is 30.8 Å². The Morgan fingerprint density at radius 2 is 2.22 bits per heavy atom. The van der Waals surface area contributed by atoms with Gasteiger partial charge in [-0.1, -0.05) is 11.3 Å². The third-order valence-electron chi connectivity index (χ3n) is 4.04. The molecule has 2 N–H and O–H groups in total. The van der Waals surface area contributed by atoms with Gasteiger partial charge in [-0.3, -0.25) is 19.7 Å². The number of thiazole rings is 1. The Kier molecular flexibility index (Phi) is 4.34. The van der Waals surface area contributed by atoms with E-state index in [4.69, 9.17) is 14.7 Å². The van der Waals surface area contributed by atoms with E-state index in [0.29, 0.717) is 32.7 Å². The van der Waals surface area contributed by atoms with Gasteiger partial charge in [0, 0.05) is 11.6 Å². The van der Waals surface area contributed by atoms with Crippen LogP contribution in [0.2, 0.25) is 0 Å². The van der Waals surface area contributed by atoms with Gasteiger partial charge in [0.15, 0.2) is 6.61 Å². The summed E-state index contributed by atoms with van der Waals surface area (Å²) in [5, 5.41) is 9.52. The zero-order valence-corrected chi connectivity index (χ0v) is 14.9. The van der Waals surface area contributed by atoms with Crippen molar-refractivity contribution in [3.8, 4) is 11.6 Å². The van der Waals surface area contributed by atoms with Crippen LogP contribution in [-0.4, -0.2) is 40.7 Å². The molecule has 0 atom stereocenters. The molecule has 0 saturated heterocycles. The summed E-state index contributed by atoms with van der Waals surface area (Å²) in [6, 6.07) is 8.11. The maximum atomic E-state index is 12.4. The van der Waals surface area contributed by atoms with Crippen LogP contribution in [0.15, 0.2) is 30.3 Å². The highest BCUT2D eigenvalue weighted by Gasteiger charge is 2.27. The van der Waals surface area contributed by atoms with Crippen molar-refractivity contribution >= 4 is 39.2 Å². The van der Waals surface area contributed by atoms with Crippen molar-refractivity contribution in [1.29, 1.82) is 0 Å². The molecule has 1 aliphatic rings. The first-order chi connectivity index (χ1) is 13.1. The molecular formula is C17H14N4O5S. The maximum Gasteiger partial charge on any atom is 0.274 e. The lowest BCUT2D eigenvalue weighted by Gasteiger charge is -2.29. The van der Waals surface area contributed by atoms with Gasteiger partial charge in [0.25, 0.3) is 11.8 Å². The molecule has 3 heterocycles. The lowest BCUT2D eigenvalue weighted by atomic mass is 10.1. The Morgan fingerprint density at radius 1 is 1.37 bits per heavy atom. The number of anilines is 1. The maximum absolute atomic E-state index is 12.4. The van der Waals surface area contributed by atoms with E-state index in [1.165, 1.54) is 28.4 Å².